The number of nitriles is 1. The maximum absolute atomic E-state index is 12.9. The van der Waals surface area contributed by atoms with Crippen LogP contribution in [0.4, 0.5) is 19.0 Å². The zero-order valence-electron chi connectivity index (χ0n) is 26.3. The van der Waals surface area contributed by atoms with Crippen LogP contribution in [0.5, 0.6) is 0 Å². The molecule has 0 bridgehead atoms. The molecular weight excluding hydrogens is 652 g/mol. The van der Waals surface area contributed by atoms with Crippen LogP contribution in [0.3, 0.4) is 0 Å². The van der Waals surface area contributed by atoms with Gasteiger partial charge in [-0.3, -0.25) is 4.90 Å². The lowest BCUT2D eigenvalue weighted by atomic mass is 9.92. The number of likely N-dealkylation sites (tertiary alicyclic amines) is 1. The van der Waals surface area contributed by atoms with E-state index >= 15 is 0 Å². The van der Waals surface area contributed by atoms with Crippen molar-refractivity contribution in [3.05, 3.63) is 52.3 Å². The number of halogens is 3. The Kier molecular flexibility index (Phi) is 9.52. The minimum Gasteiger partial charge on any atom is -0.391 e. The normalized spacial score (nSPS) is 18.6. The van der Waals surface area contributed by atoms with E-state index in [0.29, 0.717) is 47.7 Å². The molecule has 0 aliphatic carbocycles. The predicted molar refractivity (Wildman–Crippen MR) is 176 cm³/mol. The number of aromatic nitrogens is 3. The average Bonchev–Trinajstić information content (AvgIpc) is 3.59. The zero-order valence-corrected chi connectivity index (χ0v) is 27.9. The third-order valence-corrected chi connectivity index (χ3v) is 11.9. The molecule has 1 unspecified atom stereocenters. The highest BCUT2D eigenvalue weighted by atomic mass is 32.2. The summed E-state index contributed by atoms with van der Waals surface area (Å²) >= 11 is 1.05. The van der Waals surface area contributed by atoms with E-state index in [4.69, 9.17) is 0 Å². The van der Waals surface area contributed by atoms with E-state index in [2.05, 4.69) is 39.2 Å². The highest BCUT2D eigenvalue weighted by molar-refractivity contribution is 7.88. The van der Waals surface area contributed by atoms with E-state index in [-0.39, 0.29) is 23.4 Å². The summed E-state index contributed by atoms with van der Waals surface area (Å²) in [5.74, 6) is 0.522. The van der Waals surface area contributed by atoms with E-state index in [1.54, 1.807) is 6.07 Å². The molecule has 15 heteroatoms. The molecule has 0 saturated carbocycles. The van der Waals surface area contributed by atoms with Crippen LogP contribution in [0.15, 0.2) is 30.6 Å². The number of fused-ring (bicyclic) bond motifs is 2. The Morgan fingerprint density at radius 3 is 2.49 bits per heavy atom. The zero-order chi connectivity index (χ0) is 33.5. The first-order chi connectivity index (χ1) is 22.3. The van der Waals surface area contributed by atoms with Gasteiger partial charge in [-0.2, -0.15) is 18.4 Å². The molecule has 2 fully saturated rings. The van der Waals surface area contributed by atoms with E-state index in [9.17, 15) is 32.0 Å². The number of alkyl halides is 3. The summed E-state index contributed by atoms with van der Waals surface area (Å²) in [5, 5.41) is 26.1. The number of nitrogens with one attached hydrogen (secondary N) is 1. The first kappa shape index (κ1) is 33.6. The average molecular weight is 690 g/mol. The SMILES string of the molecule is Cc1c(CN2CCC(Nc3ncnc4sc(CC(F)(F)F)cc34)CC2)ccc2c1cc(C#N)n2CC(O)C1CCN(S(C)(=O)=O)CC1. The molecule has 1 aromatic carbocycles. The molecule has 6 rings (SSSR count). The van der Waals surface area contributed by atoms with Crippen LogP contribution in [0, 0.1) is 24.2 Å². The van der Waals surface area contributed by atoms with Crippen LogP contribution >= 0.6 is 11.3 Å². The van der Waals surface area contributed by atoms with E-state index in [1.807, 2.05) is 16.7 Å². The quantitative estimate of drug-likeness (QED) is 0.250. The van der Waals surface area contributed by atoms with Gasteiger partial charge in [0.15, 0.2) is 0 Å². The van der Waals surface area contributed by atoms with E-state index in [1.165, 1.54) is 16.9 Å². The van der Waals surface area contributed by atoms with Crippen molar-refractivity contribution in [3.63, 3.8) is 0 Å². The van der Waals surface area contributed by atoms with Crippen molar-refractivity contribution in [1.29, 1.82) is 5.26 Å². The van der Waals surface area contributed by atoms with Gasteiger partial charge in [-0.05, 0) is 67.9 Å². The van der Waals surface area contributed by atoms with Crippen LogP contribution in [-0.4, -0.2) is 88.0 Å². The largest absolute Gasteiger partial charge is 0.393 e. The molecule has 2 saturated heterocycles. The van der Waals surface area contributed by atoms with Gasteiger partial charge >= 0.3 is 6.18 Å². The van der Waals surface area contributed by atoms with Crippen LogP contribution in [0.25, 0.3) is 21.1 Å². The topological polar surface area (TPSA) is 127 Å². The number of benzene rings is 1. The Morgan fingerprint density at radius 1 is 1.11 bits per heavy atom. The molecule has 2 N–H and O–H groups in total. The molecule has 0 amide bonds. The molecule has 0 spiro atoms. The molecule has 252 valence electrons. The Morgan fingerprint density at radius 2 is 1.83 bits per heavy atom. The number of aliphatic hydroxyl groups excluding tert-OH is 1. The first-order valence-corrected chi connectivity index (χ1v) is 18.4. The summed E-state index contributed by atoms with van der Waals surface area (Å²) in [7, 11) is -3.25. The fraction of sp³-hybridized carbons (Fsp3) is 0.531. The molecule has 4 aromatic rings. The maximum Gasteiger partial charge on any atom is 0.393 e. The Labute approximate surface area is 275 Å². The number of anilines is 1. The predicted octanol–water partition coefficient (Wildman–Crippen LogP) is 5.04. The number of aryl methyl sites for hydroxylation is 1. The minimum absolute atomic E-state index is 0.0488. The van der Waals surface area contributed by atoms with Gasteiger partial charge in [-0.1, -0.05) is 6.07 Å². The van der Waals surface area contributed by atoms with Crippen LogP contribution in [0.2, 0.25) is 0 Å². The summed E-state index contributed by atoms with van der Waals surface area (Å²) in [4.78, 5) is 11.7. The molecule has 1 atom stereocenters. The van der Waals surface area contributed by atoms with Crippen molar-refractivity contribution < 1.29 is 26.7 Å². The van der Waals surface area contributed by atoms with Gasteiger partial charge in [0.25, 0.3) is 0 Å². The summed E-state index contributed by atoms with van der Waals surface area (Å²) in [6, 6.07) is 9.95. The second-order valence-electron chi connectivity index (χ2n) is 12.7. The summed E-state index contributed by atoms with van der Waals surface area (Å²) in [5.41, 5.74) is 3.62. The van der Waals surface area contributed by atoms with Gasteiger partial charge in [0.1, 0.15) is 28.7 Å². The number of piperidine rings is 2. The minimum atomic E-state index is -4.27. The second kappa shape index (κ2) is 13.3. The Bertz CT molecular complexity index is 1900. The van der Waals surface area contributed by atoms with Gasteiger partial charge in [-0.15, -0.1) is 11.3 Å². The number of hydrogen-bond acceptors (Lipinski definition) is 9. The van der Waals surface area contributed by atoms with Gasteiger partial charge < -0.3 is 15.0 Å². The highest BCUT2D eigenvalue weighted by Gasteiger charge is 2.31. The molecule has 5 heterocycles. The lowest BCUT2D eigenvalue weighted by molar-refractivity contribution is -0.126. The van der Waals surface area contributed by atoms with Crippen molar-refractivity contribution in [3.8, 4) is 6.07 Å². The summed E-state index contributed by atoms with van der Waals surface area (Å²) < 4.78 is 65.9. The van der Waals surface area contributed by atoms with Crippen LogP contribution < -0.4 is 5.32 Å². The number of sulfonamides is 1. The number of nitrogens with zero attached hydrogens (tertiary/aromatic N) is 6. The number of thiophene rings is 1. The first-order valence-electron chi connectivity index (χ1n) is 15.7. The molecule has 2 aliphatic rings. The van der Waals surface area contributed by atoms with Crippen LogP contribution in [-0.2, 0) is 29.5 Å². The van der Waals surface area contributed by atoms with Gasteiger partial charge in [-0.25, -0.2) is 22.7 Å². The lowest BCUT2D eigenvalue weighted by Gasteiger charge is -2.33. The fourth-order valence-corrected chi connectivity index (χ4v) is 8.79. The third-order valence-electron chi connectivity index (χ3n) is 9.54. The van der Waals surface area contributed by atoms with Crippen molar-refractivity contribution in [2.75, 3.05) is 37.8 Å². The molecule has 3 aromatic heterocycles. The molecule has 2 aliphatic heterocycles. The third kappa shape index (κ3) is 7.57. The van der Waals surface area contributed by atoms with Crippen molar-refractivity contribution in [2.24, 2.45) is 5.92 Å². The van der Waals surface area contributed by atoms with Gasteiger partial charge in [0.2, 0.25) is 10.0 Å². The van der Waals surface area contributed by atoms with E-state index in [0.717, 1.165) is 65.8 Å². The number of rotatable bonds is 9. The molecule has 10 nitrogen and oxygen atoms in total. The molecular formula is C32H38F3N7O3S2. The number of hydrogen-bond donors (Lipinski definition) is 2. The van der Waals surface area contributed by atoms with Crippen LogP contribution in [0.1, 0.15) is 47.4 Å². The van der Waals surface area contributed by atoms with Crippen molar-refractivity contribution in [1.82, 2.24) is 23.7 Å². The van der Waals surface area contributed by atoms with Gasteiger partial charge in [0, 0.05) is 54.5 Å². The maximum atomic E-state index is 12.9. The highest BCUT2D eigenvalue weighted by Crippen LogP contribution is 2.34. The molecule has 0 radical (unpaired) electrons. The fourth-order valence-electron chi connectivity index (χ4n) is 6.89. The number of aliphatic hydroxyl groups is 1. The second-order valence-corrected chi connectivity index (χ2v) is 15.8. The smallest absolute Gasteiger partial charge is 0.391 e. The van der Waals surface area contributed by atoms with E-state index < -0.39 is 28.7 Å². The lowest BCUT2D eigenvalue weighted by Crippen LogP contribution is -2.41. The van der Waals surface area contributed by atoms with Gasteiger partial charge in [0.05, 0.1) is 30.7 Å². The summed E-state index contributed by atoms with van der Waals surface area (Å²) in [6.07, 6.45) is -0.503. The summed E-state index contributed by atoms with van der Waals surface area (Å²) in [6.45, 7) is 5.51. The Balaban J connectivity index is 1.08. The monoisotopic (exact) mass is 689 g/mol. The van der Waals surface area contributed by atoms with Crippen molar-refractivity contribution in [2.45, 2.75) is 70.4 Å². The Hall–Kier alpha value is -3.29. The standard InChI is InChI=1S/C32H38F3N7O3S2/c1-20-22(3-4-28-26(20)13-24(16-36)42(28)18-29(43)21-5-11-41(12-6-21)47(2,44)45)17-40-9-7-23(8-10-40)39-30-27-14-25(15-32(33,34)35)46-31(27)38-19-37-30/h3-4,13-14,19,21,23,29,43H,5-12,15,17-18H2,1-2H3,(H,37,38,39). The molecule has 47 heavy (non-hydrogen) atoms. The van der Waals surface area contributed by atoms with Crippen molar-refractivity contribution >= 4 is 48.3 Å².